The highest BCUT2D eigenvalue weighted by molar-refractivity contribution is 5.92. The fraction of sp³-hybridized carbons (Fsp3) is 0.789. The van der Waals surface area contributed by atoms with Crippen molar-refractivity contribution in [2.24, 2.45) is 0 Å². The fourth-order valence-electron chi connectivity index (χ4n) is 3.85. The maximum Gasteiger partial charge on any atom is 0.275 e. The Hall–Kier alpha value is -1.44. The lowest BCUT2D eigenvalue weighted by Crippen LogP contribution is -2.43. The van der Waals surface area contributed by atoms with Gasteiger partial charge in [0.2, 0.25) is 0 Å². The van der Waals surface area contributed by atoms with Crippen molar-refractivity contribution in [3.8, 4) is 0 Å². The number of likely N-dealkylation sites (tertiary alicyclic amines) is 2. The first kappa shape index (κ1) is 19.3. The molecule has 0 unspecified atom stereocenters. The van der Waals surface area contributed by atoms with Gasteiger partial charge in [0.1, 0.15) is 0 Å². The average Bonchev–Trinajstić information content (AvgIpc) is 3.10. The van der Waals surface area contributed by atoms with E-state index in [-0.39, 0.29) is 12.0 Å². The summed E-state index contributed by atoms with van der Waals surface area (Å²) in [6, 6.07) is 2.36. The zero-order valence-electron chi connectivity index (χ0n) is 16.1. The van der Waals surface area contributed by atoms with E-state index in [1.807, 2.05) is 7.05 Å². The van der Waals surface area contributed by atoms with E-state index < -0.39 is 0 Å². The van der Waals surface area contributed by atoms with E-state index in [4.69, 9.17) is 4.52 Å². The minimum atomic E-state index is -0.186. The molecule has 26 heavy (non-hydrogen) atoms. The number of rotatable bonds is 6. The van der Waals surface area contributed by atoms with Crippen LogP contribution in [0.5, 0.6) is 0 Å². The molecule has 0 aromatic carbocycles. The molecule has 0 aliphatic carbocycles. The lowest BCUT2D eigenvalue weighted by atomic mass is 10.0. The van der Waals surface area contributed by atoms with Crippen molar-refractivity contribution >= 4 is 5.91 Å². The monoisotopic (exact) mass is 364 g/mol. The highest BCUT2D eigenvalue weighted by Gasteiger charge is 2.23. The zero-order valence-corrected chi connectivity index (χ0v) is 16.1. The first-order valence-electron chi connectivity index (χ1n) is 9.88. The predicted octanol–water partition coefficient (Wildman–Crippen LogP) is 1.58. The third kappa shape index (κ3) is 5.05. The third-order valence-electron chi connectivity index (χ3n) is 5.72. The van der Waals surface area contributed by atoms with Gasteiger partial charge in [0.25, 0.3) is 5.91 Å². The molecule has 7 heteroatoms. The summed E-state index contributed by atoms with van der Waals surface area (Å²) in [5.41, 5.74) is 0.381. The normalized spacial score (nSPS) is 23.3. The molecule has 7 nitrogen and oxygen atoms in total. The van der Waals surface area contributed by atoms with Gasteiger partial charge in [-0.1, -0.05) is 11.6 Å². The van der Waals surface area contributed by atoms with Crippen molar-refractivity contribution in [1.29, 1.82) is 0 Å². The second-order valence-electron chi connectivity index (χ2n) is 7.79. The number of carbonyl (C=O) groups is 1. The highest BCUT2D eigenvalue weighted by atomic mass is 16.5. The first-order chi connectivity index (χ1) is 12.5. The van der Waals surface area contributed by atoms with E-state index >= 15 is 0 Å². The van der Waals surface area contributed by atoms with E-state index in [0.717, 1.165) is 39.0 Å². The van der Waals surface area contributed by atoms with Gasteiger partial charge < -0.3 is 14.5 Å². The topological polar surface area (TPSA) is 73.0 Å². The van der Waals surface area contributed by atoms with Gasteiger partial charge in [-0.15, -0.1) is 0 Å². The van der Waals surface area contributed by atoms with Crippen molar-refractivity contribution in [2.75, 3.05) is 39.8 Å². The Bertz CT molecular complexity index is 583. The summed E-state index contributed by atoms with van der Waals surface area (Å²) in [6.07, 6.45) is 5.20. The maximum atomic E-state index is 12.6. The van der Waals surface area contributed by atoms with Crippen LogP contribution in [0.1, 0.15) is 55.3 Å². The van der Waals surface area contributed by atoms with Crippen LogP contribution in [0.2, 0.25) is 0 Å². The smallest absolute Gasteiger partial charge is 0.275 e. The number of amides is 1. The Morgan fingerprint density at radius 1 is 1.31 bits per heavy atom. The van der Waals surface area contributed by atoms with Gasteiger partial charge >= 0.3 is 0 Å². The molecule has 0 spiro atoms. The molecule has 0 saturated carbocycles. The SMILES string of the molecule is C[C@@H]1CCCCN1CCN(C)C(=O)c1cc(CN2CCC(O)CC2)on1. The van der Waals surface area contributed by atoms with E-state index in [9.17, 15) is 9.90 Å². The van der Waals surface area contributed by atoms with E-state index in [1.54, 1.807) is 11.0 Å². The van der Waals surface area contributed by atoms with Crippen molar-refractivity contribution in [1.82, 2.24) is 19.9 Å². The maximum absolute atomic E-state index is 12.6. The number of nitrogens with zero attached hydrogens (tertiary/aromatic N) is 4. The summed E-state index contributed by atoms with van der Waals surface area (Å²) in [5.74, 6) is 0.626. The molecule has 1 aromatic rings. The summed E-state index contributed by atoms with van der Waals surface area (Å²) in [6.45, 7) is 7.34. The molecule has 2 aliphatic heterocycles. The molecule has 3 heterocycles. The largest absolute Gasteiger partial charge is 0.393 e. The van der Waals surface area contributed by atoms with Crippen LogP contribution >= 0.6 is 0 Å². The quantitative estimate of drug-likeness (QED) is 0.826. The third-order valence-corrected chi connectivity index (χ3v) is 5.72. The van der Waals surface area contributed by atoms with Crippen molar-refractivity contribution in [3.63, 3.8) is 0 Å². The number of hydrogen-bond donors (Lipinski definition) is 1. The standard InChI is InChI=1S/C19H32N4O3/c1-15-5-3-4-8-23(15)12-11-21(2)19(25)18-13-17(26-20-18)14-22-9-6-16(24)7-10-22/h13,15-16,24H,3-12,14H2,1-2H3/t15-/m1/s1. The molecule has 1 N–H and O–H groups in total. The van der Waals surface area contributed by atoms with Crippen molar-refractivity contribution in [2.45, 2.75) is 57.7 Å². The number of piperidine rings is 2. The zero-order chi connectivity index (χ0) is 18.5. The molecule has 1 aromatic heterocycles. The van der Waals surface area contributed by atoms with Gasteiger partial charge in [0.15, 0.2) is 11.5 Å². The van der Waals surface area contributed by atoms with E-state index in [0.29, 0.717) is 30.6 Å². The number of likely N-dealkylation sites (N-methyl/N-ethyl adjacent to an activating group) is 1. The van der Waals surface area contributed by atoms with Crippen LogP contribution in [0, 0.1) is 0 Å². The predicted molar refractivity (Wildman–Crippen MR) is 98.9 cm³/mol. The molecule has 146 valence electrons. The lowest BCUT2D eigenvalue weighted by molar-refractivity contribution is 0.0732. The van der Waals surface area contributed by atoms with Crippen LogP contribution in [-0.4, -0.2) is 82.8 Å². The Kier molecular flexibility index (Phi) is 6.67. The second-order valence-corrected chi connectivity index (χ2v) is 7.79. The summed E-state index contributed by atoms with van der Waals surface area (Å²) < 4.78 is 5.36. The summed E-state index contributed by atoms with van der Waals surface area (Å²) in [7, 11) is 1.83. The van der Waals surface area contributed by atoms with Crippen LogP contribution < -0.4 is 0 Å². The number of hydrogen-bond acceptors (Lipinski definition) is 6. The van der Waals surface area contributed by atoms with Gasteiger partial charge in [-0.3, -0.25) is 14.6 Å². The van der Waals surface area contributed by atoms with Gasteiger partial charge in [0.05, 0.1) is 12.6 Å². The molecule has 3 rings (SSSR count). The molecular weight excluding hydrogens is 332 g/mol. The molecule has 2 aliphatic rings. The first-order valence-corrected chi connectivity index (χ1v) is 9.88. The number of aliphatic hydroxyl groups excluding tert-OH is 1. The molecule has 1 atom stereocenters. The highest BCUT2D eigenvalue weighted by Crippen LogP contribution is 2.17. The summed E-state index contributed by atoms with van der Waals surface area (Å²) >= 11 is 0. The van der Waals surface area contributed by atoms with Crippen molar-refractivity contribution < 1.29 is 14.4 Å². The molecule has 1 amide bonds. The molecular formula is C19H32N4O3. The van der Waals surface area contributed by atoms with Crippen LogP contribution in [-0.2, 0) is 6.54 Å². The minimum Gasteiger partial charge on any atom is -0.393 e. The van der Waals surface area contributed by atoms with Crippen LogP contribution in [0.25, 0.3) is 0 Å². The van der Waals surface area contributed by atoms with Crippen molar-refractivity contribution in [3.05, 3.63) is 17.5 Å². The number of aliphatic hydroxyl groups is 1. The Morgan fingerprint density at radius 2 is 2.08 bits per heavy atom. The molecule has 0 bridgehead atoms. The van der Waals surface area contributed by atoms with Gasteiger partial charge in [-0.2, -0.15) is 0 Å². The molecule has 2 saturated heterocycles. The van der Waals surface area contributed by atoms with Gasteiger partial charge in [-0.05, 0) is 39.2 Å². The second kappa shape index (κ2) is 8.97. The summed E-state index contributed by atoms with van der Waals surface area (Å²) in [4.78, 5) is 19.0. The van der Waals surface area contributed by atoms with Gasteiger partial charge in [-0.25, -0.2) is 0 Å². The summed E-state index contributed by atoms with van der Waals surface area (Å²) in [5, 5.41) is 13.5. The van der Waals surface area contributed by atoms with Gasteiger partial charge in [0, 0.05) is 45.3 Å². The van der Waals surface area contributed by atoms with Crippen LogP contribution in [0.3, 0.4) is 0 Å². The molecule has 0 radical (unpaired) electrons. The molecule has 2 fully saturated rings. The Morgan fingerprint density at radius 3 is 2.81 bits per heavy atom. The Balaban J connectivity index is 1.47. The number of carbonyl (C=O) groups excluding carboxylic acids is 1. The average molecular weight is 364 g/mol. The van der Waals surface area contributed by atoms with E-state index in [2.05, 4.69) is 21.9 Å². The minimum absolute atomic E-state index is 0.0845. The van der Waals surface area contributed by atoms with Crippen LogP contribution in [0.4, 0.5) is 0 Å². The van der Waals surface area contributed by atoms with E-state index in [1.165, 1.54) is 19.3 Å². The fourth-order valence-corrected chi connectivity index (χ4v) is 3.85. The lowest BCUT2D eigenvalue weighted by Gasteiger charge is -2.34. The number of aromatic nitrogens is 1. The van der Waals surface area contributed by atoms with Crippen LogP contribution in [0.15, 0.2) is 10.6 Å². The Labute approximate surface area is 155 Å².